The summed E-state index contributed by atoms with van der Waals surface area (Å²) in [5, 5.41) is 20.2. The molecule has 0 rings (SSSR count). The SMILES string of the molecule is CC(O)[N-]C(C)O.[Pt]. The Morgan fingerprint density at radius 3 is 1.38 bits per heavy atom. The third-order valence-corrected chi connectivity index (χ3v) is 0.431. The zero-order valence-electron chi connectivity index (χ0n) is 4.81. The average Bonchev–Trinajstić information content (AvgIpc) is 1.27. The molecule has 0 fully saturated rings. The first-order chi connectivity index (χ1) is 3.13. The van der Waals surface area contributed by atoms with Crippen LogP contribution in [0, 0.1) is 0 Å². The van der Waals surface area contributed by atoms with Crippen molar-refractivity contribution in [2.45, 2.75) is 26.3 Å². The van der Waals surface area contributed by atoms with Crippen LogP contribution < -0.4 is 0 Å². The van der Waals surface area contributed by atoms with Gasteiger partial charge in [-0.2, -0.15) is 0 Å². The van der Waals surface area contributed by atoms with Gasteiger partial charge in [0.2, 0.25) is 0 Å². The van der Waals surface area contributed by atoms with Crippen LogP contribution in [0.4, 0.5) is 0 Å². The quantitative estimate of drug-likeness (QED) is 0.756. The van der Waals surface area contributed by atoms with Gasteiger partial charge >= 0.3 is 0 Å². The van der Waals surface area contributed by atoms with Gasteiger partial charge in [0.25, 0.3) is 0 Å². The first-order valence-corrected chi connectivity index (χ1v) is 2.19. The summed E-state index contributed by atoms with van der Waals surface area (Å²) in [6.07, 6.45) is -1.50. The maximum Gasteiger partial charge on any atom is 0 e. The molecule has 0 amide bonds. The van der Waals surface area contributed by atoms with Crippen molar-refractivity contribution in [2.75, 3.05) is 0 Å². The van der Waals surface area contributed by atoms with E-state index in [0.29, 0.717) is 0 Å². The predicted octanol–water partition coefficient (Wildman–Crippen LogP) is 0.0342. The van der Waals surface area contributed by atoms with E-state index in [2.05, 4.69) is 5.32 Å². The van der Waals surface area contributed by atoms with Crippen LogP contribution in [0.1, 0.15) is 13.8 Å². The smallest absolute Gasteiger partial charge is 0 e. The van der Waals surface area contributed by atoms with E-state index in [9.17, 15) is 0 Å². The molecule has 0 aromatic carbocycles. The number of hydrogen-bond acceptors (Lipinski definition) is 2. The van der Waals surface area contributed by atoms with Gasteiger partial charge in [0.05, 0.1) is 0 Å². The Balaban J connectivity index is 0. The van der Waals surface area contributed by atoms with Gasteiger partial charge in [-0.1, -0.05) is 13.8 Å². The molecule has 0 spiro atoms. The van der Waals surface area contributed by atoms with Crippen molar-refractivity contribution in [1.82, 2.24) is 0 Å². The first-order valence-electron chi connectivity index (χ1n) is 2.19. The number of aliphatic hydroxyl groups excluding tert-OH is 2. The molecule has 0 aromatic rings. The van der Waals surface area contributed by atoms with Gasteiger partial charge in [-0.15, -0.1) is 0 Å². The monoisotopic (exact) mass is 299 g/mol. The number of rotatable bonds is 2. The van der Waals surface area contributed by atoms with Gasteiger partial charge in [-0.05, 0) is 12.5 Å². The number of aliphatic hydroxyl groups is 2. The summed E-state index contributed by atoms with van der Waals surface area (Å²) in [4.78, 5) is 0. The normalized spacial score (nSPS) is 16.5. The molecule has 0 aliphatic rings. The van der Waals surface area contributed by atoms with Crippen molar-refractivity contribution in [3.8, 4) is 0 Å². The maximum atomic E-state index is 8.40. The zero-order chi connectivity index (χ0) is 5.86. The van der Waals surface area contributed by atoms with Gasteiger partial charge in [-0.3, -0.25) is 0 Å². The summed E-state index contributed by atoms with van der Waals surface area (Å²) in [5.74, 6) is 0. The van der Waals surface area contributed by atoms with Gasteiger partial charge in [-0.25, -0.2) is 0 Å². The topological polar surface area (TPSA) is 54.6 Å². The summed E-state index contributed by atoms with van der Waals surface area (Å²) in [5.41, 5.74) is 0. The molecular formula is C4H10NO2Pt-. The van der Waals surface area contributed by atoms with Gasteiger partial charge in [0, 0.05) is 21.1 Å². The van der Waals surface area contributed by atoms with E-state index in [4.69, 9.17) is 10.2 Å². The minimum absolute atomic E-state index is 0. The van der Waals surface area contributed by atoms with Gasteiger partial charge in [0.15, 0.2) is 0 Å². The zero-order valence-corrected chi connectivity index (χ0v) is 7.08. The average molecular weight is 299 g/mol. The molecule has 0 saturated heterocycles. The third-order valence-electron chi connectivity index (χ3n) is 0.431. The molecule has 0 aromatic heterocycles. The van der Waals surface area contributed by atoms with E-state index in [0.717, 1.165) is 0 Å². The molecule has 2 N–H and O–H groups in total. The Morgan fingerprint density at radius 2 is 1.38 bits per heavy atom. The van der Waals surface area contributed by atoms with Crippen LogP contribution in [-0.4, -0.2) is 22.7 Å². The van der Waals surface area contributed by atoms with E-state index < -0.39 is 12.5 Å². The molecule has 0 bridgehead atoms. The molecule has 4 heteroatoms. The minimum Gasteiger partial charge on any atom is -0.612 e. The van der Waals surface area contributed by atoms with E-state index in [1.807, 2.05) is 0 Å². The Labute approximate surface area is 63.4 Å². The second kappa shape index (κ2) is 5.70. The fraction of sp³-hybridized carbons (Fsp3) is 1.00. The van der Waals surface area contributed by atoms with E-state index >= 15 is 0 Å². The van der Waals surface area contributed by atoms with Crippen molar-refractivity contribution in [3.05, 3.63) is 5.32 Å². The largest absolute Gasteiger partial charge is 0.612 e. The van der Waals surface area contributed by atoms with Gasteiger partial charge < -0.3 is 15.5 Å². The van der Waals surface area contributed by atoms with E-state index in [-0.39, 0.29) is 21.1 Å². The Hall–Kier alpha value is 0.568. The fourth-order valence-corrected chi connectivity index (χ4v) is 0.312. The summed E-state index contributed by atoms with van der Waals surface area (Å²) in [6, 6.07) is 0. The van der Waals surface area contributed by atoms with Crippen LogP contribution in [0.5, 0.6) is 0 Å². The summed E-state index contributed by atoms with van der Waals surface area (Å²) < 4.78 is 0. The van der Waals surface area contributed by atoms with E-state index in [1.54, 1.807) is 0 Å². The van der Waals surface area contributed by atoms with Crippen LogP contribution in [0.15, 0.2) is 0 Å². The van der Waals surface area contributed by atoms with Crippen LogP contribution in [0.25, 0.3) is 5.32 Å². The summed E-state index contributed by atoms with van der Waals surface area (Å²) in [6.45, 7) is 2.99. The Bertz CT molecular complexity index is 43.3. The second-order valence-electron chi connectivity index (χ2n) is 1.41. The van der Waals surface area contributed by atoms with Crippen molar-refractivity contribution < 1.29 is 31.3 Å². The molecule has 54 valence electrons. The van der Waals surface area contributed by atoms with Crippen LogP contribution >= 0.6 is 0 Å². The molecule has 8 heavy (non-hydrogen) atoms. The molecule has 0 radical (unpaired) electrons. The Morgan fingerprint density at radius 1 is 1.12 bits per heavy atom. The molecule has 2 atom stereocenters. The molecule has 3 nitrogen and oxygen atoms in total. The molecule has 0 aliphatic carbocycles. The standard InChI is InChI=1S/C4H10NO2.Pt/c1-3(6)5-4(2)7;/h3-4,6-7H,1-2H3;/q-1;. The van der Waals surface area contributed by atoms with Crippen LogP contribution in [0.2, 0.25) is 0 Å². The molecule has 0 aliphatic heterocycles. The predicted molar refractivity (Wildman–Crippen MR) is 26.7 cm³/mol. The van der Waals surface area contributed by atoms with Gasteiger partial charge in [0.1, 0.15) is 0 Å². The van der Waals surface area contributed by atoms with Crippen LogP contribution in [-0.2, 0) is 21.1 Å². The third kappa shape index (κ3) is 9.76. The molecular weight excluding hydrogens is 289 g/mol. The Kier molecular flexibility index (Phi) is 8.11. The van der Waals surface area contributed by atoms with Crippen molar-refractivity contribution in [3.63, 3.8) is 0 Å². The summed E-state index contributed by atoms with van der Waals surface area (Å²) in [7, 11) is 0. The number of hydrogen-bond donors (Lipinski definition) is 2. The van der Waals surface area contributed by atoms with Crippen molar-refractivity contribution in [2.24, 2.45) is 0 Å². The second-order valence-corrected chi connectivity index (χ2v) is 1.41. The van der Waals surface area contributed by atoms with Crippen LogP contribution in [0.3, 0.4) is 0 Å². The molecule has 0 heterocycles. The maximum absolute atomic E-state index is 8.40. The molecule has 2 unspecified atom stereocenters. The summed E-state index contributed by atoms with van der Waals surface area (Å²) >= 11 is 0. The van der Waals surface area contributed by atoms with E-state index in [1.165, 1.54) is 13.8 Å². The van der Waals surface area contributed by atoms with Crippen molar-refractivity contribution in [1.29, 1.82) is 0 Å². The van der Waals surface area contributed by atoms with Crippen molar-refractivity contribution >= 4 is 0 Å². The number of nitrogens with zero attached hydrogens (tertiary/aromatic N) is 1. The molecule has 0 saturated carbocycles. The minimum atomic E-state index is -0.750. The first kappa shape index (κ1) is 11.4. The fourth-order valence-electron chi connectivity index (χ4n) is 0.312.